The highest BCUT2D eigenvalue weighted by Gasteiger charge is 2.49. The van der Waals surface area contributed by atoms with Crippen molar-refractivity contribution in [1.29, 1.82) is 5.26 Å². The Morgan fingerprint density at radius 1 is 0.750 bits per heavy atom. The van der Waals surface area contributed by atoms with Crippen LogP contribution in [0.1, 0.15) is 22.6 Å². The van der Waals surface area contributed by atoms with Gasteiger partial charge in [0.05, 0.1) is 12.0 Å². The van der Waals surface area contributed by atoms with Gasteiger partial charge >= 0.3 is 0 Å². The zero-order chi connectivity index (χ0) is 24.6. The quantitative estimate of drug-likeness (QED) is 0.370. The Hall–Kier alpha value is -2.65. The van der Waals surface area contributed by atoms with Crippen molar-refractivity contribution in [3.8, 4) is 6.07 Å². The van der Waals surface area contributed by atoms with Crippen molar-refractivity contribution in [3.05, 3.63) is 113 Å². The molecule has 0 aromatic heterocycles. The van der Waals surface area contributed by atoms with Gasteiger partial charge in [-0.1, -0.05) is 91.0 Å². The van der Waals surface area contributed by atoms with E-state index in [9.17, 15) is 5.26 Å². The minimum atomic E-state index is -0.811. The Labute approximate surface area is 224 Å². The molecule has 36 heavy (non-hydrogen) atoms. The monoisotopic (exact) mass is 511 g/mol. The molecule has 0 amide bonds. The molecule has 5 heteroatoms. The third-order valence-corrected chi connectivity index (χ3v) is 9.12. The first kappa shape index (κ1) is 25.0. The second-order valence-electron chi connectivity index (χ2n) is 9.27. The van der Waals surface area contributed by atoms with E-state index in [1.54, 1.807) is 0 Å². The molecule has 2 atom stereocenters. The second-order valence-corrected chi connectivity index (χ2v) is 11.7. The third kappa shape index (κ3) is 5.22. The molecule has 2 fully saturated rings. The normalized spacial score (nSPS) is 19.8. The fraction of sp³-hybridized carbons (Fsp3) is 0.323. The molecule has 0 N–H and O–H groups in total. The standard InChI is InChI=1S/C31H33N3S2/c32-25-31(28-14-8-3-9-15-28,34-18-22-36-23-19-34)30(27-12-6-2-7-13-27)29(33-16-20-35-21-17-33)24-26-10-4-1-5-11-26/h1-15,24,30H,16-23H2/b29-24-. The summed E-state index contributed by atoms with van der Waals surface area (Å²) in [6.45, 7) is 3.81. The summed E-state index contributed by atoms with van der Waals surface area (Å²) < 4.78 is 0. The molecular weight excluding hydrogens is 478 g/mol. The highest BCUT2D eigenvalue weighted by molar-refractivity contribution is 7.99. The summed E-state index contributed by atoms with van der Waals surface area (Å²) in [6, 6.07) is 34.9. The molecule has 3 aromatic rings. The van der Waals surface area contributed by atoms with Crippen LogP contribution in [0.25, 0.3) is 6.08 Å². The van der Waals surface area contributed by atoms with E-state index in [-0.39, 0.29) is 5.92 Å². The molecule has 2 aliphatic heterocycles. The molecule has 2 aliphatic rings. The van der Waals surface area contributed by atoms with Gasteiger partial charge in [0.2, 0.25) is 0 Å². The number of thioether (sulfide) groups is 2. The third-order valence-electron chi connectivity index (χ3n) is 7.23. The average molecular weight is 512 g/mol. The maximum Gasteiger partial charge on any atom is 0.147 e. The Bertz CT molecular complexity index is 1160. The van der Waals surface area contributed by atoms with E-state index in [1.807, 2.05) is 23.5 Å². The topological polar surface area (TPSA) is 30.3 Å². The van der Waals surface area contributed by atoms with Crippen molar-refractivity contribution < 1.29 is 0 Å². The minimum absolute atomic E-state index is 0.127. The molecule has 5 rings (SSSR count). The van der Waals surface area contributed by atoms with Gasteiger partial charge in [0.15, 0.2) is 0 Å². The van der Waals surface area contributed by atoms with Crippen molar-refractivity contribution in [1.82, 2.24) is 9.80 Å². The largest absolute Gasteiger partial charge is 0.373 e. The first-order valence-corrected chi connectivity index (χ1v) is 15.1. The predicted molar refractivity (Wildman–Crippen MR) is 155 cm³/mol. The Kier molecular flexibility index (Phi) is 8.38. The highest BCUT2D eigenvalue weighted by Crippen LogP contribution is 2.48. The Morgan fingerprint density at radius 2 is 1.28 bits per heavy atom. The smallest absolute Gasteiger partial charge is 0.147 e. The van der Waals surface area contributed by atoms with E-state index in [2.05, 4.69) is 113 Å². The van der Waals surface area contributed by atoms with Gasteiger partial charge in [-0.05, 0) is 22.8 Å². The van der Waals surface area contributed by atoms with Crippen molar-refractivity contribution >= 4 is 29.6 Å². The van der Waals surface area contributed by atoms with E-state index in [4.69, 9.17) is 0 Å². The summed E-state index contributed by atoms with van der Waals surface area (Å²) >= 11 is 4.01. The van der Waals surface area contributed by atoms with Crippen molar-refractivity contribution in [2.75, 3.05) is 49.2 Å². The summed E-state index contributed by atoms with van der Waals surface area (Å²) in [6.07, 6.45) is 2.35. The van der Waals surface area contributed by atoms with Gasteiger partial charge in [-0.25, -0.2) is 0 Å². The van der Waals surface area contributed by atoms with Crippen molar-refractivity contribution in [2.24, 2.45) is 0 Å². The average Bonchev–Trinajstić information content (AvgIpc) is 2.97. The number of hydrogen-bond donors (Lipinski definition) is 0. The van der Waals surface area contributed by atoms with Gasteiger partial charge in [-0.15, -0.1) is 0 Å². The zero-order valence-corrected chi connectivity index (χ0v) is 22.3. The minimum Gasteiger partial charge on any atom is -0.373 e. The maximum absolute atomic E-state index is 11.3. The zero-order valence-electron chi connectivity index (χ0n) is 20.6. The van der Waals surface area contributed by atoms with E-state index < -0.39 is 5.54 Å². The van der Waals surface area contributed by atoms with Crippen LogP contribution in [-0.4, -0.2) is 59.0 Å². The van der Waals surface area contributed by atoms with Crippen LogP contribution in [0, 0.1) is 11.3 Å². The van der Waals surface area contributed by atoms with Crippen LogP contribution in [0.3, 0.4) is 0 Å². The second kappa shape index (κ2) is 12.1. The Morgan fingerprint density at radius 3 is 1.86 bits per heavy atom. The molecule has 0 aliphatic carbocycles. The van der Waals surface area contributed by atoms with E-state index in [0.717, 1.165) is 54.8 Å². The fourth-order valence-corrected chi connectivity index (χ4v) is 7.32. The summed E-state index contributed by atoms with van der Waals surface area (Å²) in [5.41, 5.74) is 3.90. The molecule has 2 saturated heterocycles. The van der Waals surface area contributed by atoms with Crippen LogP contribution in [0.4, 0.5) is 0 Å². The van der Waals surface area contributed by atoms with Gasteiger partial charge in [0, 0.05) is 54.9 Å². The molecular formula is C31H33N3S2. The molecule has 2 unspecified atom stereocenters. The van der Waals surface area contributed by atoms with Gasteiger partial charge < -0.3 is 4.90 Å². The van der Waals surface area contributed by atoms with Crippen LogP contribution < -0.4 is 0 Å². The number of nitrogens with zero attached hydrogens (tertiary/aromatic N) is 3. The van der Waals surface area contributed by atoms with Gasteiger partial charge in [-0.3, -0.25) is 4.90 Å². The highest BCUT2D eigenvalue weighted by atomic mass is 32.2. The molecule has 3 nitrogen and oxygen atoms in total. The lowest BCUT2D eigenvalue weighted by atomic mass is 9.71. The van der Waals surface area contributed by atoms with Crippen LogP contribution in [0.2, 0.25) is 0 Å². The molecule has 3 aromatic carbocycles. The van der Waals surface area contributed by atoms with Gasteiger partial charge in [0.25, 0.3) is 0 Å². The maximum atomic E-state index is 11.3. The number of benzene rings is 3. The summed E-state index contributed by atoms with van der Waals surface area (Å²) in [5.74, 6) is 4.20. The fourth-order valence-electron chi connectivity index (χ4n) is 5.51. The lowest BCUT2D eigenvalue weighted by Crippen LogP contribution is -2.54. The summed E-state index contributed by atoms with van der Waals surface area (Å²) in [7, 11) is 0. The van der Waals surface area contributed by atoms with E-state index in [1.165, 1.54) is 16.8 Å². The Balaban J connectivity index is 1.78. The molecule has 0 radical (unpaired) electrons. The molecule has 0 saturated carbocycles. The predicted octanol–water partition coefficient (Wildman–Crippen LogP) is 6.33. The van der Waals surface area contributed by atoms with Gasteiger partial charge in [-0.2, -0.15) is 28.8 Å². The van der Waals surface area contributed by atoms with E-state index >= 15 is 0 Å². The van der Waals surface area contributed by atoms with Crippen LogP contribution in [-0.2, 0) is 5.54 Å². The van der Waals surface area contributed by atoms with Crippen molar-refractivity contribution in [3.63, 3.8) is 0 Å². The van der Waals surface area contributed by atoms with Gasteiger partial charge in [0.1, 0.15) is 5.54 Å². The molecule has 184 valence electrons. The van der Waals surface area contributed by atoms with Crippen LogP contribution in [0.5, 0.6) is 0 Å². The number of hydrogen-bond acceptors (Lipinski definition) is 5. The van der Waals surface area contributed by atoms with Crippen LogP contribution in [0.15, 0.2) is 96.7 Å². The van der Waals surface area contributed by atoms with Crippen molar-refractivity contribution in [2.45, 2.75) is 11.5 Å². The number of rotatable bonds is 7. The number of nitriles is 1. The summed E-state index contributed by atoms with van der Waals surface area (Å²) in [5, 5.41) is 11.3. The SMILES string of the molecule is N#CC(c1ccccc1)(C(/C(=C/c1ccccc1)N1CCSCC1)c1ccccc1)N1CCSCC1. The van der Waals surface area contributed by atoms with E-state index in [0.29, 0.717) is 0 Å². The first-order valence-electron chi connectivity index (χ1n) is 12.8. The van der Waals surface area contributed by atoms with Crippen LogP contribution >= 0.6 is 23.5 Å². The molecule has 0 spiro atoms. The molecule has 2 heterocycles. The lowest BCUT2D eigenvalue weighted by Gasteiger charge is -2.49. The lowest BCUT2D eigenvalue weighted by molar-refractivity contribution is 0.120. The summed E-state index contributed by atoms with van der Waals surface area (Å²) in [4.78, 5) is 5.02. The first-order chi connectivity index (χ1) is 17.8. The molecule has 0 bridgehead atoms.